The molecule has 4 nitrogen and oxygen atoms in total. The molecule has 0 amide bonds. The standard InChI is InChI=1S/C14H18ClN3O/c1-3-9(4-2)11-6-5-10(7-12(11)15)14-17-13(8-16)19-18-14/h5-7,9H,3-4,8,16H2,1-2H3. The fourth-order valence-corrected chi connectivity index (χ4v) is 2.52. The Morgan fingerprint density at radius 2 is 2.05 bits per heavy atom. The second-order valence-electron chi connectivity index (χ2n) is 4.47. The predicted molar refractivity (Wildman–Crippen MR) is 76.0 cm³/mol. The van der Waals surface area contributed by atoms with Gasteiger partial charge in [0.1, 0.15) is 0 Å². The highest BCUT2D eigenvalue weighted by molar-refractivity contribution is 6.31. The third-order valence-corrected chi connectivity index (χ3v) is 3.65. The van der Waals surface area contributed by atoms with Crippen molar-refractivity contribution < 1.29 is 4.52 Å². The van der Waals surface area contributed by atoms with E-state index in [-0.39, 0.29) is 6.54 Å². The molecule has 0 aliphatic heterocycles. The van der Waals surface area contributed by atoms with E-state index >= 15 is 0 Å². The van der Waals surface area contributed by atoms with Crippen LogP contribution in [0.15, 0.2) is 22.7 Å². The van der Waals surface area contributed by atoms with Crippen molar-refractivity contribution in [1.82, 2.24) is 10.1 Å². The quantitative estimate of drug-likeness (QED) is 0.905. The molecular formula is C14H18ClN3O. The number of aromatic nitrogens is 2. The minimum Gasteiger partial charge on any atom is -0.338 e. The lowest BCUT2D eigenvalue weighted by molar-refractivity contribution is 0.380. The zero-order valence-corrected chi connectivity index (χ0v) is 11.9. The van der Waals surface area contributed by atoms with Gasteiger partial charge in [0.15, 0.2) is 0 Å². The first-order valence-corrected chi connectivity index (χ1v) is 6.89. The fraction of sp³-hybridized carbons (Fsp3) is 0.429. The summed E-state index contributed by atoms with van der Waals surface area (Å²) in [6.07, 6.45) is 2.16. The summed E-state index contributed by atoms with van der Waals surface area (Å²) < 4.78 is 5.00. The lowest BCUT2D eigenvalue weighted by atomic mass is 9.93. The molecule has 0 bridgehead atoms. The van der Waals surface area contributed by atoms with Crippen LogP contribution in [0.1, 0.15) is 44.1 Å². The minimum absolute atomic E-state index is 0.243. The molecule has 0 atom stereocenters. The monoisotopic (exact) mass is 279 g/mol. The van der Waals surface area contributed by atoms with E-state index in [0.29, 0.717) is 17.6 Å². The molecule has 0 unspecified atom stereocenters. The van der Waals surface area contributed by atoms with Crippen LogP contribution in [-0.2, 0) is 6.54 Å². The van der Waals surface area contributed by atoms with E-state index in [1.807, 2.05) is 18.2 Å². The summed E-state index contributed by atoms with van der Waals surface area (Å²) in [4.78, 5) is 4.19. The minimum atomic E-state index is 0.243. The van der Waals surface area contributed by atoms with Crippen molar-refractivity contribution in [2.45, 2.75) is 39.2 Å². The van der Waals surface area contributed by atoms with E-state index in [0.717, 1.165) is 23.4 Å². The number of halogens is 1. The molecule has 0 saturated heterocycles. The maximum atomic E-state index is 6.36. The van der Waals surface area contributed by atoms with Gasteiger partial charge in [-0.05, 0) is 30.4 Å². The predicted octanol–water partition coefficient (Wildman–Crippen LogP) is 3.75. The average Bonchev–Trinajstić information content (AvgIpc) is 2.90. The first-order chi connectivity index (χ1) is 9.19. The van der Waals surface area contributed by atoms with Crippen LogP contribution in [0, 0.1) is 0 Å². The van der Waals surface area contributed by atoms with Crippen molar-refractivity contribution in [2.75, 3.05) is 0 Å². The van der Waals surface area contributed by atoms with Gasteiger partial charge in [0, 0.05) is 10.6 Å². The van der Waals surface area contributed by atoms with E-state index in [4.69, 9.17) is 21.9 Å². The van der Waals surface area contributed by atoms with Crippen LogP contribution in [0.4, 0.5) is 0 Å². The number of benzene rings is 1. The normalized spacial score (nSPS) is 11.2. The zero-order valence-electron chi connectivity index (χ0n) is 11.2. The third-order valence-electron chi connectivity index (χ3n) is 3.33. The van der Waals surface area contributed by atoms with Gasteiger partial charge >= 0.3 is 0 Å². The van der Waals surface area contributed by atoms with Crippen molar-refractivity contribution >= 4 is 11.6 Å². The lowest BCUT2D eigenvalue weighted by Crippen LogP contribution is -1.97. The second kappa shape index (κ2) is 6.17. The van der Waals surface area contributed by atoms with Gasteiger partial charge in [-0.25, -0.2) is 0 Å². The summed E-state index contributed by atoms with van der Waals surface area (Å²) in [6, 6.07) is 5.92. The summed E-state index contributed by atoms with van der Waals surface area (Å²) >= 11 is 6.36. The molecule has 0 aliphatic rings. The first-order valence-electron chi connectivity index (χ1n) is 6.52. The van der Waals surface area contributed by atoms with Crippen molar-refractivity contribution in [3.63, 3.8) is 0 Å². The van der Waals surface area contributed by atoms with E-state index in [1.165, 1.54) is 5.56 Å². The van der Waals surface area contributed by atoms with Crippen LogP contribution in [0.2, 0.25) is 5.02 Å². The highest BCUT2D eigenvalue weighted by atomic mass is 35.5. The van der Waals surface area contributed by atoms with E-state index in [2.05, 4.69) is 24.0 Å². The number of hydrogen-bond donors (Lipinski definition) is 1. The van der Waals surface area contributed by atoms with Crippen LogP contribution in [-0.4, -0.2) is 10.1 Å². The Labute approximate surface area is 118 Å². The molecule has 0 saturated carbocycles. The molecule has 102 valence electrons. The maximum absolute atomic E-state index is 6.36. The number of rotatable bonds is 5. The molecule has 0 radical (unpaired) electrons. The smallest absolute Gasteiger partial charge is 0.240 e. The largest absolute Gasteiger partial charge is 0.338 e. The number of nitrogens with two attached hydrogens (primary N) is 1. The fourth-order valence-electron chi connectivity index (χ4n) is 2.18. The number of hydrogen-bond acceptors (Lipinski definition) is 4. The van der Waals surface area contributed by atoms with E-state index < -0.39 is 0 Å². The molecule has 5 heteroatoms. The molecule has 2 aromatic rings. The maximum Gasteiger partial charge on any atom is 0.240 e. The summed E-state index contributed by atoms with van der Waals surface area (Å²) in [7, 11) is 0. The zero-order chi connectivity index (χ0) is 13.8. The van der Waals surface area contributed by atoms with Gasteiger partial charge in [-0.15, -0.1) is 0 Å². The van der Waals surface area contributed by atoms with Crippen molar-refractivity contribution in [3.8, 4) is 11.4 Å². The second-order valence-corrected chi connectivity index (χ2v) is 4.87. The summed E-state index contributed by atoms with van der Waals surface area (Å²) in [5.41, 5.74) is 7.48. The van der Waals surface area contributed by atoms with Crippen LogP contribution in [0.5, 0.6) is 0 Å². The molecule has 1 heterocycles. The van der Waals surface area contributed by atoms with Gasteiger partial charge in [0.25, 0.3) is 0 Å². The van der Waals surface area contributed by atoms with Gasteiger partial charge in [0.2, 0.25) is 11.7 Å². The summed E-state index contributed by atoms with van der Waals surface area (Å²) in [5, 5.41) is 4.64. The molecule has 1 aromatic carbocycles. The molecular weight excluding hydrogens is 262 g/mol. The molecule has 0 spiro atoms. The van der Waals surface area contributed by atoms with Gasteiger partial charge < -0.3 is 10.3 Å². The third kappa shape index (κ3) is 2.96. The topological polar surface area (TPSA) is 64.9 Å². The number of nitrogens with zero attached hydrogens (tertiary/aromatic N) is 2. The molecule has 2 N–H and O–H groups in total. The van der Waals surface area contributed by atoms with Crippen molar-refractivity contribution in [3.05, 3.63) is 34.7 Å². The van der Waals surface area contributed by atoms with Crippen LogP contribution in [0.25, 0.3) is 11.4 Å². The first kappa shape index (κ1) is 14.0. The van der Waals surface area contributed by atoms with Crippen LogP contribution < -0.4 is 5.73 Å². The summed E-state index contributed by atoms with van der Waals surface area (Å²) in [5.74, 6) is 1.44. The van der Waals surface area contributed by atoms with Gasteiger partial charge in [-0.3, -0.25) is 0 Å². The van der Waals surface area contributed by atoms with E-state index in [9.17, 15) is 0 Å². The molecule has 0 fully saturated rings. The molecule has 0 aliphatic carbocycles. The Bertz CT molecular complexity index is 549. The molecule has 19 heavy (non-hydrogen) atoms. The van der Waals surface area contributed by atoms with Crippen LogP contribution >= 0.6 is 11.6 Å². The SMILES string of the molecule is CCC(CC)c1ccc(-c2noc(CN)n2)cc1Cl. The molecule has 1 aromatic heterocycles. The lowest BCUT2D eigenvalue weighted by Gasteiger charge is -2.14. The Kier molecular flexibility index (Phi) is 4.56. The van der Waals surface area contributed by atoms with E-state index in [1.54, 1.807) is 0 Å². The van der Waals surface area contributed by atoms with Gasteiger partial charge in [-0.1, -0.05) is 42.7 Å². The Hall–Kier alpha value is -1.39. The van der Waals surface area contributed by atoms with Crippen LogP contribution in [0.3, 0.4) is 0 Å². The van der Waals surface area contributed by atoms with Crippen molar-refractivity contribution in [1.29, 1.82) is 0 Å². The highest BCUT2D eigenvalue weighted by Gasteiger charge is 2.14. The summed E-state index contributed by atoms with van der Waals surface area (Å²) in [6.45, 7) is 4.59. The highest BCUT2D eigenvalue weighted by Crippen LogP contribution is 2.32. The Morgan fingerprint density at radius 3 is 2.58 bits per heavy atom. The Morgan fingerprint density at radius 1 is 1.32 bits per heavy atom. The van der Waals surface area contributed by atoms with Gasteiger partial charge in [-0.2, -0.15) is 4.98 Å². The van der Waals surface area contributed by atoms with Crippen molar-refractivity contribution in [2.24, 2.45) is 5.73 Å². The Balaban J connectivity index is 2.32. The van der Waals surface area contributed by atoms with Gasteiger partial charge in [0.05, 0.1) is 6.54 Å². The average molecular weight is 280 g/mol. The molecule has 2 rings (SSSR count).